The normalized spacial score (nSPS) is 18.7. The lowest BCUT2D eigenvalue weighted by Crippen LogP contribution is -2.52. The second kappa shape index (κ2) is 7.35. The maximum atomic E-state index is 13.0. The Hall–Kier alpha value is -0.960. The van der Waals surface area contributed by atoms with Crippen molar-refractivity contribution < 1.29 is 26.7 Å². The zero-order chi connectivity index (χ0) is 16.1. The molecule has 21 heavy (non-hydrogen) atoms. The maximum Gasteiger partial charge on any atom is 0.463 e. The van der Waals surface area contributed by atoms with Gasteiger partial charge >= 0.3 is 18.0 Å². The van der Waals surface area contributed by atoms with Crippen LogP contribution in [0.1, 0.15) is 19.3 Å². The van der Waals surface area contributed by atoms with Crippen molar-refractivity contribution >= 4 is 5.91 Å². The number of rotatable bonds is 5. The number of nitrogens with zero attached hydrogens (tertiary/aromatic N) is 2. The number of carbonyl (C=O) groups excluding carboxylic acids is 1. The zero-order valence-corrected chi connectivity index (χ0v) is 11.6. The summed E-state index contributed by atoms with van der Waals surface area (Å²) in [6, 6.07) is 0. The number of halogens is 5. The van der Waals surface area contributed by atoms with Crippen molar-refractivity contribution in [1.29, 1.82) is 0 Å². The molecule has 0 radical (unpaired) electrons. The van der Waals surface area contributed by atoms with E-state index < -0.39 is 18.0 Å². The van der Waals surface area contributed by atoms with Crippen LogP contribution >= 0.6 is 0 Å². The van der Waals surface area contributed by atoms with Crippen LogP contribution in [-0.4, -0.2) is 67.1 Å². The standard InChI is InChI=1S/C12H20F5N3O/c13-11(14,12(15,16)17)10(21)20-7-3-6-19(8-9-20)5-2-1-4-18/h1-9,18H2. The monoisotopic (exact) mass is 317 g/mol. The highest BCUT2D eigenvalue weighted by atomic mass is 19.4. The largest absolute Gasteiger partial charge is 0.463 e. The van der Waals surface area contributed by atoms with Crippen LogP contribution in [0.15, 0.2) is 0 Å². The molecule has 4 nitrogen and oxygen atoms in total. The third-order valence-electron chi connectivity index (χ3n) is 3.43. The van der Waals surface area contributed by atoms with E-state index in [-0.39, 0.29) is 13.1 Å². The van der Waals surface area contributed by atoms with Gasteiger partial charge in [-0.1, -0.05) is 0 Å². The van der Waals surface area contributed by atoms with Crippen LogP contribution in [0, 0.1) is 0 Å². The van der Waals surface area contributed by atoms with E-state index in [4.69, 9.17) is 5.73 Å². The topological polar surface area (TPSA) is 49.6 Å². The third-order valence-corrected chi connectivity index (χ3v) is 3.43. The van der Waals surface area contributed by atoms with Crippen LogP contribution in [-0.2, 0) is 4.79 Å². The van der Waals surface area contributed by atoms with Gasteiger partial charge in [0.2, 0.25) is 0 Å². The summed E-state index contributed by atoms with van der Waals surface area (Å²) in [4.78, 5) is 14.0. The van der Waals surface area contributed by atoms with Gasteiger partial charge in [-0.05, 0) is 38.9 Å². The van der Waals surface area contributed by atoms with Crippen molar-refractivity contribution in [3.63, 3.8) is 0 Å². The second-order valence-electron chi connectivity index (χ2n) is 5.06. The molecule has 0 aromatic heterocycles. The van der Waals surface area contributed by atoms with E-state index >= 15 is 0 Å². The molecule has 9 heteroatoms. The highest BCUT2D eigenvalue weighted by Crippen LogP contribution is 2.37. The first-order chi connectivity index (χ1) is 9.70. The Balaban J connectivity index is 2.57. The smallest absolute Gasteiger partial charge is 0.336 e. The van der Waals surface area contributed by atoms with E-state index in [0.717, 1.165) is 12.8 Å². The maximum absolute atomic E-state index is 13.0. The quantitative estimate of drug-likeness (QED) is 0.617. The number of carbonyl (C=O) groups is 1. The first kappa shape index (κ1) is 18.1. The molecular formula is C12H20F5N3O. The van der Waals surface area contributed by atoms with Crippen molar-refractivity contribution in [2.45, 2.75) is 31.4 Å². The van der Waals surface area contributed by atoms with Crippen LogP contribution in [0.4, 0.5) is 22.0 Å². The summed E-state index contributed by atoms with van der Waals surface area (Å²) in [6.45, 7) is 1.92. The Labute approximate surface area is 120 Å². The average molecular weight is 317 g/mol. The minimum Gasteiger partial charge on any atom is -0.336 e. The number of alkyl halides is 5. The van der Waals surface area contributed by atoms with Gasteiger partial charge in [-0.2, -0.15) is 22.0 Å². The van der Waals surface area contributed by atoms with Gasteiger partial charge in [0, 0.05) is 19.6 Å². The molecule has 0 aromatic carbocycles. The minimum absolute atomic E-state index is 0.0854. The molecule has 2 N–H and O–H groups in total. The van der Waals surface area contributed by atoms with Gasteiger partial charge in [0.15, 0.2) is 0 Å². The zero-order valence-electron chi connectivity index (χ0n) is 11.6. The molecule has 0 saturated carbocycles. The Morgan fingerprint density at radius 3 is 2.24 bits per heavy atom. The van der Waals surface area contributed by atoms with Gasteiger partial charge < -0.3 is 15.5 Å². The molecule has 1 rings (SSSR count). The molecule has 124 valence electrons. The van der Waals surface area contributed by atoms with E-state index in [0.29, 0.717) is 37.5 Å². The van der Waals surface area contributed by atoms with Crippen molar-refractivity contribution in [3.05, 3.63) is 0 Å². The van der Waals surface area contributed by atoms with E-state index in [1.165, 1.54) is 0 Å². The van der Waals surface area contributed by atoms with Crippen LogP contribution in [0.3, 0.4) is 0 Å². The number of unbranched alkanes of at least 4 members (excludes halogenated alkanes) is 1. The Bertz CT molecular complexity index is 348. The summed E-state index contributed by atoms with van der Waals surface area (Å²) in [5, 5.41) is 0. The highest BCUT2D eigenvalue weighted by Gasteiger charge is 2.64. The summed E-state index contributed by atoms with van der Waals surface area (Å²) in [7, 11) is 0. The average Bonchev–Trinajstić information content (AvgIpc) is 2.62. The summed E-state index contributed by atoms with van der Waals surface area (Å²) in [6.07, 6.45) is -3.81. The van der Waals surface area contributed by atoms with Crippen molar-refractivity contribution in [1.82, 2.24) is 9.80 Å². The fourth-order valence-corrected chi connectivity index (χ4v) is 2.20. The Morgan fingerprint density at radius 2 is 1.67 bits per heavy atom. The molecule has 1 fully saturated rings. The van der Waals surface area contributed by atoms with Crippen LogP contribution in [0.25, 0.3) is 0 Å². The number of nitrogens with two attached hydrogens (primary N) is 1. The van der Waals surface area contributed by atoms with E-state index in [9.17, 15) is 26.7 Å². The number of hydrogen-bond donors (Lipinski definition) is 1. The fraction of sp³-hybridized carbons (Fsp3) is 0.917. The first-order valence-corrected chi connectivity index (χ1v) is 6.86. The summed E-state index contributed by atoms with van der Waals surface area (Å²) >= 11 is 0. The summed E-state index contributed by atoms with van der Waals surface area (Å²) < 4.78 is 62.7. The van der Waals surface area contributed by atoms with Gasteiger partial charge in [-0.25, -0.2) is 0 Å². The second-order valence-corrected chi connectivity index (χ2v) is 5.06. The Kier molecular flexibility index (Phi) is 6.33. The number of amides is 1. The predicted molar refractivity (Wildman–Crippen MR) is 66.9 cm³/mol. The molecule has 1 aliphatic heterocycles. The van der Waals surface area contributed by atoms with Gasteiger partial charge in [-0.3, -0.25) is 4.79 Å². The minimum atomic E-state index is -5.85. The fourth-order valence-electron chi connectivity index (χ4n) is 2.20. The molecule has 0 atom stereocenters. The van der Waals surface area contributed by atoms with E-state index in [1.807, 2.05) is 4.90 Å². The molecule has 1 saturated heterocycles. The van der Waals surface area contributed by atoms with Gasteiger partial charge in [-0.15, -0.1) is 0 Å². The lowest BCUT2D eigenvalue weighted by molar-refractivity contribution is -0.274. The molecule has 0 aliphatic carbocycles. The van der Waals surface area contributed by atoms with Crippen molar-refractivity contribution in [2.24, 2.45) is 5.73 Å². The van der Waals surface area contributed by atoms with Crippen molar-refractivity contribution in [2.75, 3.05) is 39.3 Å². The highest BCUT2D eigenvalue weighted by molar-refractivity contribution is 5.84. The lowest BCUT2D eigenvalue weighted by Gasteiger charge is -2.27. The van der Waals surface area contributed by atoms with Gasteiger partial charge in [0.05, 0.1) is 0 Å². The number of hydrogen-bond acceptors (Lipinski definition) is 3. The lowest BCUT2D eigenvalue weighted by atomic mass is 10.2. The molecule has 0 aromatic rings. The SMILES string of the molecule is NCCCCN1CCCN(C(=O)C(F)(F)C(F)(F)F)CC1. The van der Waals surface area contributed by atoms with Gasteiger partial charge in [0.1, 0.15) is 0 Å². The van der Waals surface area contributed by atoms with Crippen LogP contribution in [0.2, 0.25) is 0 Å². The molecule has 1 amide bonds. The molecule has 0 spiro atoms. The molecule has 1 aliphatic rings. The molecule has 0 bridgehead atoms. The summed E-state index contributed by atoms with van der Waals surface area (Å²) in [5.41, 5.74) is 5.36. The Morgan fingerprint density at radius 1 is 1.00 bits per heavy atom. The van der Waals surface area contributed by atoms with Crippen molar-refractivity contribution in [3.8, 4) is 0 Å². The first-order valence-electron chi connectivity index (χ1n) is 6.86. The van der Waals surface area contributed by atoms with E-state index in [2.05, 4.69) is 0 Å². The summed E-state index contributed by atoms with van der Waals surface area (Å²) in [5.74, 6) is -7.47. The molecule has 1 heterocycles. The van der Waals surface area contributed by atoms with E-state index in [1.54, 1.807) is 0 Å². The molecular weight excluding hydrogens is 297 g/mol. The third kappa shape index (κ3) is 4.77. The van der Waals surface area contributed by atoms with Gasteiger partial charge in [0.25, 0.3) is 0 Å². The van der Waals surface area contributed by atoms with Crippen LogP contribution in [0.5, 0.6) is 0 Å². The molecule has 0 unspecified atom stereocenters. The van der Waals surface area contributed by atoms with Crippen LogP contribution < -0.4 is 5.73 Å². The predicted octanol–water partition coefficient (Wildman–Crippen LogP) is 1.46.